The molecule has 0 aromatic heterocycles. The first-order chi connectivity index (χ1) is 16.3. The summed E-state index contributed by atoms with van der Waals surface area (Å²) >= 11 is 0. The quantitative estimate of drug-likeness (QED) is 0.428. The predicted octanol–water partition coefficient (Wildman–Crippen LogP) is 5.91. The third kappa shape index (κ3) is 7.24. The highest BCUT2D eigenvalue weighted by Crippen LogP contribution is 2.33. The van der Waals surface area contributed by atoms with Gasteiger partial charge in [-0.1, -0.05) is 64.1 Å². The Hall–Kier alpha value is -3.54. The van der Waals surface area contributed by atoms with E-state index in [1.165, 1.54) is 0 Å². The van der Waals surface area contributed by atoms with Gasteiger partial charge in [0, 0.05) is 35.6 Å². The largest absolute Gasteiger partial charge is 0.462 e. The van der Waals surface area contributed by atoms with Crippen LogP contribution in [0, 0.1) is 11.8 Å². The minimum absolute atomic E-state index is 0.220. The summed E-state index contributed by atoms with van der Waals surface area (Å²) in [5.41, 5.74) is 3.97. The molecule has 0 radical (unpaired) electrons. The number of allylic oxidation sites excluding steroid dienone is 2. The smallest absolute Gasteiger partial charge is 0.336 e. The maximum Gasteiger partial charge on any atom is 0.336 e. The number of carbonyl (C=O) groups is 2. The van der Waals surface area contributed by atoms with E-state index in [1.807, 2.05) is 88.4 Å². The van der Waals surface area contributed by atoms with Crippen molar-refractivity contribution in [2.24, 2.45) is 11.8 Å². The van der Waals surface area contributed by atoms with E-state index in [0.29, 0.717) is 35.8 Å². The maximum atomic E-state index is 13.1. The Balaban J connectivity index is 1.96. The van der Waals surface area contributed by atoms with E-state index in [1.54, 1.807) is 0 Å². The standard InChI is InChI=1S/C28H34N2O4/c1-19(2)17-33-27(31)23-15-26(30-22-13-9-6-10-14-22)24(28(32)34-18-20(3)4)16-25(23)29-21-11-7-5-8-12-21/h5-14,19-20,29-30H,15-18H2,1-4H3. The molecule has 180 valence electrons. The summed E-state index contributed by atoms with van der Waals surface area (Å²) in [4.78, 5) is 26.2. The van der Waals surface area contributed by atoms with E-state index in [-0.39, 0.29) is 36.6 Å². The normalized spacial score (nSPS) is 13.8. The molecule has 1 aliphatic rings. The van der Waals surface area contributed by atoms with Gasteiger partial charge in [0.2, 0.25) is 0 Å². The molecule has 0 fully saturated rings. The first kappa shape index (κ1) is 25.1. The zero-order valence-corrected chi connectivity index (χ0v) is 20.4. The fourth-order valence-electron chi connectivity index (χ4n) is 3.46. The lowest BCUT2D eigenvalue weighted by Gasteiger charge is -2.26. The summed E-state index contributed by atoms with van der Waals surface area (Å²) in [7, 11) is 0. The molecule has 3 rings (SSSR count). The van der Waals surface area contributed by atoms with Gasteiger partial charge >= 0.3 is 11.9 Å². The number of anilines is 2. The highest BCUT2D eigenvalue weighted by Gasteiger charge is 2.30. The fraction of sp³-hybridized carbons (Fsp3) is 0.357. The van der Waals surface area contributed by atoms with Crippen LogP contribution in [-0.4, -0.2) is 25.2 Å². The average molecular weight is 463 g/mol. The van der Waals surface area contributed by atoms with Crippen molar-refractivity contribution < 1.29 is 19.1 Å². The van der Waals surface area contributed by atoms with Gasteiger partial charge in [0.1, 0.15) is 0 Å². The van der Waals surface area contributed by atoms with Gasteiger partial charge in [0.25, 0.3) is 0 Å². The Labute approximate surface area is 202 Å². The zero-order chi connectivity index (χ0) is 24.5. The maximum absolute atomic E-state index is 13.1. The Morgan fingerprint density at radius 1 is 0.676 bits per heavy atom. The first-order valence-corrected chi connectivity index (χ1v) is 11.8. The lowest BCUT2D eigenvalue weighted by atomic mass is 9.92. The van der Waals surface area contributed by atoms with Crippen LogP contribution >= 0.6 is 0 Å². The molecular weight excluding hydrogens is 428 g/mol. The van der Waals surface area contributed by atoms with Gasteiger partial charge in [-0.05, 0) is 36.1 Å². The van der Waals surface area contributed by atoms with Crippen molar-refractivity contribution in [1.29, 1.82) is 0 Å². The van der Waals surface area contributed by atoms with Crippen LogP contribution in [0.15, 0.2) is 83.2 Å². The molecule has 0 aliphatic heterocycles. The molecule has 0 bridgehead atoms. The average Bonchev–Trinajstić information content (AvgIpc) is 2.83. The Kier molecular flexibility index (Phi) is 8.91. The van der Waals surface area contributed by atoms with Crippen LogP contribution < -0.4 is 10.6 Å². The van der Waals surface area contributed by atoms with E-state index in [4.69, 9.17) is 9.47 Å². The van der Waals surface area contributed by atoms with Gasteiger partial charge in [0.15, 0.2) is 0 Å². The van der Waals surface area contributed by atoms with Crippen molar-refractivity contribution in [3.63, 3.8) is 0 Å². The van der Waals surface area contributed by atoms with Crippen molar-refractivity contribution in [3.8, 4) is 0 Å². The fourth-order valence-corrected chi connectivity index (χ4v) is 3.46. The van der Waals surface area contributed by atoms with Crippen molar-refractivity contribution in [1.82, 2.24) is 0 Å². The van der Waals surface area contributed by atoms with E-state index >= 15 is 0 Å². The molecule has 0 amide bonds. The van der Waals surface area contributed by atoms with E-state index in [0.717, 1.165) is 11.4 Å². The molecule has 6 heteroatoms. The summed E-state index contributed by atoms with van der Waals surface area (Å²) in [6.45, 7) is 8.64. The number of hydrogen-bond acceptors (Lipinski definition) is 6. The number of para-hydroxylation sites is 2. The van der Waals surface area contributed by atoms with Crippen LogP contribution in [0.4, 0.5) is 11.4 Å². The third-order valence-corrected chi connectivity index (χ3v) is 5.16. The number of benzene rings is 2. The number of esters is 2. The first-order valence-electron chi connectivity index (χ1n) is 11.8. The van der Waals surface area contributed by atoms with E-state index in [2.05, 4.69) is 10.6 Å². The van der Waals surface area contributed by atoms with Crippen LogP contribution in [0.1, 0.15) is 40.5 Å². The topological polar surface area (TPSA) is 76.7 Å². The van der Waals surface area contributed by atoms with Gasteiger partial charge in [0.05, 0.1) is 24.4 Å². The molecule has 2 aromatic rings. The van der Waals surface area contributed by atoms with Crippen molar-refractivity contribution in [3.05, 3.63) is 83.2 Å². The molecule has 2 N–H and O–H groups in total. The summed E-state index contributed by atoms with van der Waals surface area (Å²) in [5, 5.41) is 6.69. The number of nitrogens with one attached hydrogen (secondary N) is 2. The molecule has 6 nitrogen and oxygen atoms in total. The number of rotatable bonds is 10. The van der Waals surface area contributed by atoms with Crippen molar-refractivity contribution in [2.75, 3.05) is 23.8 Å². The lowest BCUT2D eigenvalue weighted by molar-refractivity contribution is -0.141. The van der Waals surface area contributed by atoms with Crippen LogP contribution in [0.2, 0.25) is 0 Å². The monoisotopic (exact) mass is 462 g/mol. The second kappa shape index (κ2) is 12.1. The molecule has 0 saturated heterocycles. The van der Waals surface area contributed by atoms with E-state index in [9.17, 15) is 9.59 Å². The lowest BCUT2D eigenvalue weighted by Crippen LogP contribution is -2.26. The number of carbonyl (C=O) groups excluding carboxylic acids is 2. The molecule has 1 aliphatic carbocycles. The molecule has 34 heavy (non-hydrogen) atoms. The van der Waals surface area contributed by atoms with Gasteiger partial charge in [-0.3, -0.25) is 0 Å². The Morgan fingerprint density at radius 3 is 1.35 bits per heavy atom. The molecule has 0 atom stereocenters. The molecule has 0 spiro atoms. The molecule has 0 unspecified atom stereocenters. The summed E-state index contributed by atoms with van der Waals surface area (Å²) in [6, 6.07) is 19.2. The van der Waals surface area contributed by atoms with Crippen LogP contribution in [-0.2, 0) is 19.1 Å². The van der Waals surface area contributed by atoms with Gasteiger partial charge in [-0.25, -0.2) is 9.59 Å². The minimum atomic E-state index is -0.380. The second-order valence-electron chi connectivity index (χ2n) is 9.23. The second-order valence-corrected chi connectivity index (χ2v) is 9.23. The molecule has 0 saturated carbocycles. The van der Waals surface area contributed by atoms with Crippen molar-refractivity contribution >= 4 is 23.3 Å². The molecule has 0 heterocycles. The number of hydrogen-bond donors (Lipinski definition) is 2. The molecular formula is C28H34N2O4. The zero-order valence-electron chi connectivity index (χ0n) is 20.4. The van der Waals surface area contributed by atoms with Gasteiger partial charge < -0.3 is 20.1 Å². The van der Waals surface area contributed by atoms with E-state index < -0.39 is 0 Å². The third-order valence-electron chi connectivity index (χ3n) is 5.16. The minimum Gasteiger partial charge on any atom is -0.462 e. The van der Waals surface area contributed by atoms with Crippen LogP contribution in [0.5, 0.6) is 0 Å². The predicted molar refractivity (Wildman–Crippen MR) is 135 cm³/mol. The summed E-state index contributed by atoms with van der Waals surface area (Å²) in [6.07, 6.45) is 0.459. The Bertz CT molecular complexity index is 955. The Morgan fingerprint density at radius 2 is 1.03 bits per heavy atom. The highest BCUT2D eigenvalue weighted by atomic mass is 16.5. The van der Waals surface area contributed by atoms with Gasteiger partial charge in [-0.2, -0.15) is 0 Å². The number of ether oxygens (including phenoxy) is 2. The molecule has 2 aromatic carbocycles. The van der Waals surface area contributed by atoms with Crippen molar-refractivity contribution in [2.45, 2.75) is 40.5 Å². The summed E-state index contributed by atoms with van der Waals surface area (Å²) < 4.78 is 11.2. The van der Waals surface area contributed by atoms with Gasteiger partial charge in [-0.15, -0.1) is 0 Å². The highest BCUT2D eigenvalue weighted by molar-refractivity contribution is 5.96. The summed E-state index contributed by atoms with van der Waals surface area (Å²) in [5.74, 6) is -0.321. The van der Waals surface area contributed by atoms with Crippen LogP contribution in [0.25, 0.3) is 0 Å². The van der Waals surface area contributed by atoms with Crippen LogP contribution in [0.3, 0.4) is 0 Å². The SMILES string of the molecule is CC(C)COC(=O)C1=C(Nc2ccccc2)CC(C(=O)OCC(C)C)=C(Nc2ccccc2)C1.